The summed E-state index contributed by atoms with van der Waals surface area (Å²) in [6.45, 7) is 4.84. The number of ether oxygens (including phenoxy) is 1. The number of hydrogen-bond acceptors (Lipinski definition) is 3. The fourth-order valence-electron chi connectivity index (χ4n) is 4.25. The van der Waals surface area contributed by atoms with Crippen molar-refractivity contribution >= 4 is 5.97 Å². The summed E-state index contributed by atoms with van der Waals surface area (Å²) in [6.07, 6.45) is 27.6. The number of hydrogen-bond donors (Lipinski definition) is 1. The Bertz CT molecular complexity index is 340. The summed E-state index contributed by atoms with van der Waals surface area (Å²) in [5, 5.41) is 8.79. The van der Waals surface area contributed by atoms with Crippen molar-refractivity contribution in [1.29, 1.82) is 0 Å². The molecule has 31 heavy (non-hydrogen) atoms. The van der Waals surface area contributed by atoms with Crippen LogP contribution in [0.5, 0.6) is 0 Å². The zero-order valence-electron chi connectivity index (χ0n) is 21.3. The number of aliphatic hydroxyl groups excluding tert-OH is 1. The average molecular weight is 441 g/mol. The molecule has 0 aliphatic rings. The predicted molar refractivity (Wildman–Crippen MR) is 135 cm³/mol. The third kappa shape index (κ3) is 23.9. The van der Waals surface area contributed by atoms with Crippen LogP contribution in [-0.4, -0.2) is 23.8 Å². The first-order chi connectivity index (χ1) is 15.2. The van der Waals surface area contributed by atoms with E-state index in [0.29, 0.717) is 13.0 Å². The largest absolute Gasteiger partial charge is 0.462 e. The normalized spacial score (nSPS) is 11.4. The standard InChI is InChI=1S/C28H56O3/c1-3-5-7-9-15-19-23-27(24-20-16-10-8-6-4-2)31-28(30)25-21-17-13-11-12-14-18-22-26-29/h27,29H,3-26H2,1-2H3. The van der Waals surface area contributed by atoms with Crippen molar-refractivity contribution in [3.05, 3.63) is 0 Å². The van der Waals surface area contributed by atoms with Gasteiger partial charge in [-0.15, -0.1) is 0 Å². The minimum Gasteiger partial charge on any atom is -0.462 e. The Morgan fingerprint density at radius 1 is 0.581 bits per heavy atom. The fraction of sp³-hybridized carbons (Fsp3) is 0.964. The Balaban J connectivity index is 3.94. The molecule has 3 nitrogen and oxygen atoms in total. The summed E-state index contributed by atoms with van der Waals surface area (Å²) >= 11 is 0. The van der Waals surface area contributed by atoms with Crippen molar-refractivity contribution < 1.29 is 14.6 Å². The zero-order chi connectivity index (χ0) is 22.8. The summed E-state index contributed by atoms with van der Waals surface area (Å²) in [4.78, 5) is 12.4. The van der Waals surface area contributed by atoms with E-state index >= 15 is 0 Å². The van der Waals surface area contributed by atoms with E-state index in [0.717, 1.165) is 38.5 Å². The van der Waals surface area contributed by atoms with Crippen molar-refractivity contribution in [3.8, 4) is 0 Å². The van der Waals surface area contributed by atoms with Gasteiger partial charge in [0.2, 0.25) is 0 Å². The molecule has 0 fully saturated rings. The van der Waals surface area contributed by atoms with Crippen molar-refractivity contribution in [1.82, 2.24) is 0 Å². The van der Waals surface area contributed by atoms with Crippen LogP contribution in [0.25, 0.3) is 0 Å². The van der Waals surface area contributed by atoms with E-state index in [1.807, 2.05) is 0 Å². The third-order valence-corrected chi connectivity index (χ3v) is 6.35. The van der Waals surface area contributed by atoms with Crippen molar-refractivity contribution in [3.63, 3.8) is 0 Å². The van der Waals surface area contributed by atoms with Gasteiger partial charge in [0.1, 0.15) is 6.10 Å². The molecule has 0 saturated carbocycles. The molecule has 0 aliphatic heterocycles. The molecule has 0 radical (unpaired) electrons. The van der Waals surface area contributed by atoms with E-state index in [2.05, 4.69) is 13.8 Å². The Hall–Kier alpha value is -0.570. The van der Waals surface area contributed by atoms with Gasteiger partial charge < -0.3 is 9.84 Å². The van der Waals surface area contributed by atoms with Crippen molar-refractivity contribution in [2.75, 3.05) is 6.61 Å². The van der Waals surface area contributed by atoms with Crippen LogP contribution in [0.2, 0.25) is 0 Å². The summed E-state index contributed by atoms with van der Waals surface area (Å²) < 4.78 is 5.92. The van der Waals surface area contributed by atoms with Crippen LogP contribution < -0.4 is 0 Å². The molecule has 0 atom stereocenters. The van der Waals surface area contributed by atoms with E-state index in [9.17, 15) is 4.79 Å². The average Bonchev–Trinajstić information content (AvgIpc) is 2.77. The van der Waals surface area contributed by atoms with Gasteiger partial charge in [-0.1, -0.05) is 117 Å². The van der Waals surface area contributed by atoms with Gasteiger partial charge in [-0.2, -0.15) is 0 Å². The number of aliphatic hydroxyl groups is 1. The highest BCUT2D eigenvalue weighted by atomic mass is 16.5. The predicted octanol–water partition coefficient (Wildman–Crippen LogP) is 8.90. The molecule has 0 rings (SSSR count). The van der Waals surface area contributed by atoms with E-state index in [1.165, 1.54) is 103 Å². The topological polar surface area (TPSA) is 46.5 Å². The molecule has 186 valence electrons. The first-order valence-electron chi connectivity index (χ1n) is 14.0. The molecule has 0 aliphatic carbocycles. The number of esters is 1. The van der Waals surface area contributed by atoms with Gasteiger partial charge in [-0.3, -0.25) is 4.79 Å². The van der Waals surface area contributed by atoms with Gasteiger partial charge in [0, 0.05) is 13.0 Å². The van der Waals surface area contributed by atoms with Gasteiger partial charge in [-0.25, -0.2) is 0 Å². The maximum atomic E-state index is 12.4. The zero-order valence-corrected chi connectivity index (χ0v) is 21.3. The molecule has 0 saturated heterocycles. The molecular formula is C28H56O3. The Morgan fingerprint density at radius 3 is 1.42 bits per heavy atom. The number of rotatable bonds is 25. The lowest BCUT2D eigenvalue weighted by Crippen LogP contribution is -2.18. The second-order valence-corrected chi connectivity index (χ2v) is 9.53. The molecule has 0 aromatic rings. The summed E-state index contributed by atoms with van der Waals surface area (Å²) in [7, 11) is 0. The van der Waals surface area contributed by atoms with Crippen LogP contribution >= 0.6 is 0 Å². The van der Waals surface area contributed by atoms with E-state index in [1.54, 1.807) is 0 Å². The SMILES string of the molecule is CCCCCCCCC(CCCCCCCC)OC(=O)CCCCCCCCCCO. The summed E-state index contributed by atoms with van der Waals surface area (Å²) in [5.74, 6) is 0.0323. The van der Waals surface area contributed by atoms with Crippen LogP contribution in [0.4, 0.5) is 0 Å². The lowest BCUT2D eigenvalue weighted by atomic mass is 10.0. The third-order valence-electron chi connectivity index (χ3n) is 6.35. The van der Waals surface area contributed by atoms with E-state index < -0.39 is 0 Å². The van der Waals surface area contributed by atoms with Crippen molar-refractivity contribution in [2.24, 2.45) is 0 Å². The van der Waals surface area contributed by atoms with Crippen LogP contribution in [-0.2, 0) is 9.53 Å². The minimum atomic E-state index is 0.0323. The quantitative estimate of drug-likeness (QED) is 0.114. The minimum absolute atomic E-state index is 0.0323. The second kappa shape index (κ2) is 25.7. The molecule has 0 amide bonds. The summed E-state index contributed by atoms with van der Waals surface area (Å²) in [6, 6.07) is 0. The number of unbranched alkanes of at least 4 members (excludes halogenated alkanes) is 17. The van der Waals surface area contributed by atoms with E-state index in [4.69, 9.17) is 9.84 Å². The van der Waals surface area contributed by atoms with Crippen LogP contribution in [0.15, 0.2) is 0 Å². The number of carbonyl (C=O) groups excluding carboxylic acids is 1. The monoisotopic (exact) mass is 440 g/mol. The van der Waals surface area contributed by atoms with Gasteiger partial charge in [0.25, 0.3) is 0 Å². The van der Waals surface area contributed by atoms with E-state index in [-0.39, 0.29) is 12.1 Å². The Kier molecular flexibility index (Phi) is 25.2. The molecule has 0 unspecified atom stereocenters. The molecular weight excluding hydrogens is 384 g/mol. The lowest BCUT2D eigenvalue weighted by Gasteiger charge is -2.18. The molecule has 0 aromatic carbocycles. The maximum absolute atomic E-state index is 12.4. The smallest absolute Gasteiger partial charge is 0.306 e. The molecule has 0 spiro atoms. The van der Waals surface area contributed by atoms with Gasteiger partial charge >= 0.3 is 5.97 Å². The van der Waals surface area contributed by atoms with Crippen LogP contribution in [0.3, 0.4) is 0 Å². The maximum Gasteiger partial charge on any atom is 0.306 e. The Morgan fingerprint density at radius 2 is 0.968 bits per heavy atom. The second-order valence-electron chi connectivity index (χ2n) is 9.53. The fourth-order valence-corrected chi connectivity index (χ4v) is 4.25. The summed E-state index contributed by atoms with van der Waals surface area (Å²) in [5.41, 5.74) is 0. The van der Waals surface area contributed by atoms with Crippen LogP contribution in [0.1, 0.15) is 162 Å². The van der Waals surface area contributed by atoms with Gasteiger partial charge in [0.05, 0.1) is 0 Å². The Labute approximate surface area is 195 Å². The van der Waals surface area contributed by atoms with Gasteiger partial charge in [0.15, 0.2) is 0 Å². The first-order valence-corrected chi connectivity index (χ1v) is 14.0. The molecule has 0 bridgehead atoms. The number of carbonyl (C=O) groups is 1. The molecule has 0 aromatic heterocycles. The molecule has 1 N–H and O–H groups in total. The highest BCUT2D eigenvalue weighted by Gasteiger charge is 2.14. The van der Waals surface area contributed by atoms with Gasteiger partial charge in [-0.05, 0) is 38.5 Å². The van der Waals surface area contributed by atoms with Crippen LogP contribution in [0, 0.1) is 0 Å². The highest BCUT2D eigenvalue weighted by molar-refractivity contribution is 5.69. The highest BCUT2D eigenvalue weighted by Crippen LogP contribution is 2.18. The molecule has 3 heteroatoms. The first kappa shape index (κ1) is 30.4. The molecule has 0 heterocycles. The lowest BCUT2D eigenvalue weighted by molar-refractivity contribution is -0.150. The van der Waals surface area contributed by atoms with Crippen molar-refractivity contribution in [2.45, 2.75) is 168 Å².